The van der Waals surface area contributed by atoms with Crippen LogP contribution in [0.25, 0.3) is 0 Å². The molecule has 1 aromatic carbocycles. The van der Waals surface area contributed by atoms with E-state index >= 15 is 0 Å². The molecule has 5 nitrogen and oxygen atoms in total. The number of rotatable bonds is 6. The second-order valence-corrected chi connectivity index (χ2v) is 6.11. The van der Waals surface area contributed by atoms with E-state index < -0.39 is 5.97 Å². The summed E-state index contributed by atoms with van der Waals surface area (Å²) in [7, 11) is 0. The summed E-state index contributed by atoms with van der Waals surface area (Å²) in [5.41, 5.74) is 2.56. The molecule has 0 spiro atoms. The van der Waals surface area contributed by atoms with Crippen LogP contribution in [0.3, 0.4) is 0 Å². The third-order valence-corrected chi connectivity index (χ3v) is 3.93. The highest BCUT2D eigenvalue weighted by molar-refractivity contribution is 9.10. The zero-order valence-corrected chi connectivity index (χ0v) is 14.6. The summed E-state index contributed by atoms with van der Waals surface area (Å²) in [6.07, 6.45) is 2.60. The van der Waals surface area contributed by atoms with Gasteiger partial charge in [0.1, 0.15) is 5.69 Å². The molecule has 0 fully saturated rings. The van der Waals surface area contributed by atoms with Crippen LogP contribution < -0.4 is 5.32 Å². The summed E-state index contributed by atoms with van der Waals surface area (Å²) in [5.74, 6) is -0.901. The van der Waals surface area contributed by atoms with Crippen molar-refractivity contribution in [2.45, 2.75) is 26.3 Å². The Morgan fingerprint density at radius 2 is 2.00 bits per heavy atom. The quantitative estimate of drug-likeness (QED) is 0.756. The van der Waals surface area contributed by atoms with Crippen LogP contribution in [0.2, 0.25) is 0 Å². The molecule has 1 atom stereocenters. The summed E-state index contributed by atoms with van der Waals surface area (Å²) in [5, 5.41) is 2.81. The number of hydrogen-bond donors (Lipinski definition) is 2. The zero-order valence-electron chi connectivity index (χ0n) is 13.1. The van der Waals surface area contributed by atoms with Gasteiger partial charge in [-0.3, -0.25) is 4.79 Å². The summed E-state index contributed by atoms with van der Waals surface area (Å²) in [4.78, 5) is 26.4. The van der Waals surface area contributed by atoms with Crippen molar-refractivity contribution in [1.82, 2.24) is 10.3 Å². The molecule has 0 radical (unpaired) electrons. The van der Waals surface area contributed by atoms with Gasteiger partial charge in [0, 0.05) is 10.7 Å². The average Bonchev–Trinajstić information content (AvgIpc) is 2.99. The fraction of sp³-hybridized carbons (Fsp3) is 0.294. The topological polar surface area (TPSA) is 71.2 Å². The Morgan fingerprint density at radius 3 is 2.57 bits per heavy atom. The zero-order chi connectivity index (χ0) is 16.8. The van der Waals surface area contributed by atoms with E-state index in [0.717, 1.165) is 16.5 Å². The molecule has 2 N–H and O–H groups in total. The largest absolute Gasteiger partial charge is 0.451 e. The van der Waals surface area contributed by atoms with Crippen LogP contribution in [0.1, 0.15) is 41.5 Å². The Morgan fingerprint density at radius 1 is 1.30 bits per heavy atom. The molecule has 2 aromatic rings. The lowest BCUT2D eigenvalue weighted by atomic mass is 10.1. The highest BCUT2D eigenvalue weighted by Crippen LogP contribution is 2.14. The van der Waals surface area contributed by atoms with Crippen LogP contribution in [0.4, 0.5) is 0 Å². The molecule has 0 saturated heterocycles. The van der Waals surface area contributed by atoms with Crippen molar-refractivity contribution in [3.8, 4) is 0 Å². The minimum atomic E-state index is -0.564. The van der Waals surface area contributed by atoms with Gasteiger partial charge in [0.05, 0.1) is 6.04 Å². The number of benzene rings is 1. The van der Waals surface area contributed by atoms with Crippen LogP contribution in [-0.2, 0) is 16.0 Å². The Bertz CT molecular complexity index is 679. The van der Waals surface area contributed by atoms with Gasteiger partial charge in [0.2, 0.25) is 0 Å². The smallest absolute Gasteiger partial charge is 0.355 e. The SMILES string of the molecule is CCc1ccc(C(C)NC(=O)COC(=O)c2cc(Br)c[nH]2)cc1. The van der Waals surface area contributed by atoms with Gasteiger partial charge in [-0.1, -0.05) is 31.2 Å². The fourth-order valence-corrected chi connectivity index (χ4v) is 2.45. The first-order valence-corrected chi connectivity index (χ1v) is 8.18. The summed E-state index contributed by atoms with van der Waals surface area (Å²) in [6, 6.07) is 9.52. The lowest BCUT2D eigenvalue weighted by Gasteiger charge is -2.14. The third-order valence-electron chi connectivity index (χ3n) is 3.47. The maximum atomic E-state index is 11.9. The number of nitrogens with one attached hydrogen (secondary N) is 2. The number of H-pyrrole nitrogens is 1. The van der Waals surface area contributed by atoms with E-state index in [1.54, 1.807) is 12.3 Å². The number of aromatic amines is 1. The molecular weight excluding hydrogens is 360 g/mol. The molecule has 0 aliphatic rings. The van der Waals surface area contributed by atoms with Crippen molar-refractivity contribution in [2.75, 3.05) is 6.61 Å². The lowest BCUT2D eigenvalue weighted by molar-refractivity contribution is -0.124. The number of carbonyl (C=O) groups is 2. The minimum Gasteiger partial charge on any atom is -0.451 e. The molecule has 1 heterocycles. The molecule has 1 amide bonds. The number of aryl methyl sites for hydroxylation is 1. The van der Waals surface area contributed by atoms with Crippen molar-refractivity contribution in [3.05, 3.63) is 57.8 Å². The van der Waals surface area contributed by atoms with Gasteiger partial charge in [-0.25, -0.2) is 4.79 Å². The molecular formula is C17H19BrN2O3. The normalized spacial score (nSPS) is 11.8. The second kappa shape index (κ2) is 7.97. The Labute approximate surface area is 143 Å². The molecule has 122 valence electrons. The number of aromatic nitrogens is 1. The standard InChI is InChI=1S/C17H19BrN2O3/c1-3-12-4-6-13(7-5-12)11(2)20-16(21)10-23-17(22)15-8-14(18)9-19-15/h4-9,11,19H,3,10H2,1-2H3,(H,20,21). The van der Waals surface area contributed by atoms with Crippen LogP contribution in [0.15, 0.2) is 41.0 Å². The van der Waals surface area contributed by atoms with E-state index in [0.29, 0.717) is 5.69 Å². The molecule has 1 aromatic heterocycles. The number of esters is 1. The number of amides is 1. The molecule has 6 heteroatoms. The van der Waals surface area contributed by atoms with Crippen LogP contribution >= 0.6 is 15.9 Å². The molecule has 0 aliphatic carbocycles. The van der Waals surface area contributed by atoms with E-state index in [9.17, 15) is 9.59 Å². The Kier molecular flexibility index (Phi) is 5.98. The van der Waals surface area contributed by atoms with Crippen molar-refractivity contribution < 1.29 is 14.3 Å². The monoisotopic (exact) mass is 378 g/mol. The average molecular weight is 379 g/mol. The number of hydrogen-bond acceptors (Lipinski definition) is 3. The van der Waals surface area contributed by atoms with Gasteiger partial charge in [-0.15, -0.1) is 0 Å². The van der Waals surface area contributed by atoms with Gasteiger partial charge in [0.25, 0.3) is 5.91 Å². The lowest BCUT2D eigenvalue weighted by Crippen LogP contribution is -2.31. The van der Waals surface area contributed by atoms with E-state index in [-0.39, 0.29) is 18.6 Å². The van der Waals surface area contributed by atoms with Crippen LogP contribution in [-0.4, -0.2) is 23.5 Å². The van der Waals surface area contributed by atoms with Crippen molar-refractivity contribution in [2.24, 2.45) is 0 Å². The molecule has 1 unspecified atom stereocenters. The second-order valence-electron chi connectivity index (χ2n) is 5.19. The number of halogens is 1. The first kappa shape index (κ1) is 17.3. The maximum Gasteiger partial charge on any atom is 0.355 e. The molecule has 0 aliphatic heterocycles. The maximum absolute atomic E-state index is 11.9. The number of carbonyl (C=O) groups excluding carboxylic acids is 2. The first-order valence-electron chi connectivity index (χ1n) is 7.39. The molecule has 0 bridgehead atoms. The number of ether oxygens (including phenoxy) is 1. The predicted octanol–water partition coefficient (Wildman–Crippen LogP) is 3.37. The van der Waals surface area contributed by atoms with Gasteiger partial charge in [0.15, 0.2) is 6.61 Å². The summed E-state index contributed by atoms with van der Waals surface area (Å²) in [6.45, 7) is 3.67. The minimum absolute atomic E-state index is 0.147. The van der Waals surface area contributed by atoms with E-state index in [1.807, 2.05) is 31.2 Å². The Balaban J connectivity index is 1.82. The summed E-state index contributed by atoms with van der Waals surface area (Å²) < 4.78 is 5.72. The van der Waals surface area contributed by atoms with E-state index in [1.165, 1.54) is 5.56 Å². The van der Waals surface area contributed by atoms with Gasteiger partial charge < -0.3 is 15.0 Å². The highest BCUT2D eigenvalue weighted by Gasteiger charge is 2.14. The molecule has 2 rings (SSSR count). The van der Waals surface area contributed by atoms with Gasteiger partial charge in [-0.2, -0.15) is 0 Å². The third kappa shape index (κ3) is 4.96. The predicted molar refractivity (Wildman–Crippen MR) is 91.2 cm³/mol. The van der Waals surface area contributed by atoms with Crippen molar-refractivity contribution >= 4 is 27.8 Å². The van der Waals surface area contributed by atoms with Crippen molar-refractivity contribution in [3.63, 3.8) is 0 Å². The Hall–Kier alpha value is -2.08. The van der Waals surface area contributed by atoms with Crippen LogP contribution in [0, 0.1) is 0 Å². The fourth-order valence-electron chi connectivity index (χ4n) is 2.10. The van der Waals surface area contributed by atoms with E-state index in [2.05, 4.69) is 33.2 Å². The van der Waals surface area contributed by atoms with Crippen LogP contribution in [0.5, 0.6) is 0 Å². The highest BCUT2D eigenvalue weighted by atomic mass is 79.9. The first-order chi connectivity index (χ1) is 11.0. The van der Waals surface area contributed by atoms with Gasteiger partial charge in [-0.05, 0) is 46.5 Å². The van der Waals surface area contributed by atoms with Gasteiger partial charge >= 0.3 is 5.97 Å². The van der Waals surface area contributed by atoms with Crippen molar-refractivity contribution in [1.29, 1.82) is 0 Å². The summed E-state index contributed by atoms with van der Waals surface area (Å²) >= 11 is 3.23. The van der Waals surface area contributed by atoms with E-state index in [4.69, 9.17) is 4.74 Å². The molecule has 0 saturated carbocycles. The molecule has 23 heavy (non-hydrogen) atoms.